The summed E-state index contributed by atoms with van der Waals surface area (Å²) in [7, 11) is 0. The number of amides is 1. The van der Waals surface area contributed by atoms with Crippen molar-refractivity contribution in [1.29, 1.82) is 0 Å². The predicted octanol–water partition coefficient (Wildman–Crippen LogP) is 4.88. The molecule has 1 aromatic rings. The lowest BCUT2D eigenvalue weighted by Gasteiger charge is -2.37. The fraction of sp³-hybridized carbons (Fsp3) is 0.500. The van der Waals surface area contributed by atoms with Crippen molar-refractivity contribution in [3.8, 4) is 0 Å². The fourth-order valence-electron chi connectivity index (χ4n) is 2.17. The summed E-state index contributed by atoms with van der Waals surface area (Å²) >= 11 is 12.8. The van der Waals surface area contributed by atoms with E-state index in [-0.39, 0.29) is 5.91 Å². The van der Waals surface area contributed by atoms with Gasteiger partial charge in [-0.1, -0.05) is 27.5 Å². The van der Waals surface area contributed by atoms with E-state index in [2.05, 4.69) is 31.9 Å². The summed E-state index contributed by atoms with van der Waals surface area (Å²) in [4.78, 5) is 14.6. The summed E-state index contributed by atoms with van der Waals surface area (Å²) in [5.41, 5.74) is 0.706. The van der Waals surface area contributed by atoms with Crippen LogP contribution in [-0.4, -0.2) is 28.7 Å². The van der Waals surface area contributed by atoms with Gasteiger partial charge in [-0.15, -0.1) is 0 Å². The van der Waals surface area contributed by atoms with E-state index in [0.29, 0.717) is 16.6 Å². The predicted molar refractivity (Wildman–Crippen MR) is 86.2 cm³/mol. The Bertz CT molecular complexity index is 463. The molecule has 2 rings (SSSR count). The first-order valence-electron chi connectivity index (χ1n) is 6.45. The molecule has 0 N–H and O–H groups in total. The summed E-state index contributed by atoms with van der Waals surface area (Å²) in [5, 5.41) is 1.56. The van der Waals surface area contributed by atoms with E-state index in [1.54, 1.807) is 12.1 Å². The first-order chi connectivity index (χ1) is 9.13. The number of alkyl halides is 1. The number of hydrogen-bond acceptors (Lipinski definition) is 1. The van der Waals surface area contributed by atoms with Crippen LogP contribution in [0.5, 0.6) is 0 Å². The van der Waals surface area contributed by atoms with Crippen molar-refractivity contribution < 1.29 is 4.79 Å². The lowest BCUT2D eigenvalue weighted by molar-refractivity contribution is 0.0581. The van der Waals surface area contributed by atoms with Crippen molar-refractivity contribution in [3.05, 3.63) is 33.3 Å². The largest absolute Gasteiger partial charge is 0.336 e. The summed E-state index contributed by atoms with van der Waals surface area (Å²) in [6.07, 6.45) is 4.47. The molecule has 0 saturated heterocycles. The number of nitrogens with zero attached hydrogens (tertiary/aromatic N) is 1. The molecule has 0 radical (unpaired) electrons. The number of carbonyl (C=O) groups excluding carboxylic acids is 1. The van der Waals surface area contributed by atoms with Gasteiger partial charge in [-0.3, -0.25) is 4.79 Å². The maximum absolute atomic E-state index is 12.6. The Hall–Kier alpha value is -0.0600. The molecule has 1 aromatic carbocycles. The zero-order chi connectivity index (χ0) is 13.8. The van der Waals surface area contributed by atoms with Gasteiger partial charge >= 0.3 is 0 Å². The average molecular weight is 410 g/mol. The van der Waals surface area contributed by atoms with E-state index in [1.165, 1.54) is 6.42 Å². The van der Waals surface area contributed by atoms with Crippen molar-refractivity contribution in [2.45, 2.75) is 31.7 Å². The molecule has 0 aliphatic heterocycles. The van der Waals surface area contributed by atoms with E-state index in [9.17, 15) is 4.79 Å². The molecule has 104 valence electrons. The zero-order valence-electron chi connectivity index (χ0n) is 10.5. The number of benzene rings is 1. The molecule has 0 unspecified atom stereocenters. The Morgan fingerprint density at radius 1 is 1.42 bits per heavy atom. The minimum absolute atomic E-state index is 0.114. The number of hydrogen-bond donors (Lipinski definition) is 0. The van der Waals surface area contributed by atoms with Crippen LogP contribution in [0.4, 0.5) is 0 Å². The van der Waals surface area contributed by atoms with Crippen LogP contribution in [0, 0.1) is 0 Å². The van der Waals surface area contributed by atoms with Gasteiger partial charge in [0.15, 0.2) is 0 Å². The third kappa shape index (κ3) is 3.73. The molecule has 1 saturated carbocycles. The van der Waals surface area contributed by atoms with Crippen LogP contribution >= 0.6 is 43.5 Å². The van der Waals surface area contributed by atoms with Gasteiger partial charge in [0.1, 0.15) is 0 Å². The standard InChI is InChI=1S/C14H16Br2ClNO/c15-7-2-8-18(11-3-1-4-11)14(19)10-5-6-13(17)12(16)9-10/h5-6,9,11H,1-4,7-8H2. The number of carbonyl (C=O) groups is 1. The molecular formula is C14H16Br2ClNO. The van der Waals surface area contributed by atoms with Crippen LogP contribution in [0.3, 0.4) is 0 Å². The minimum Gasteiger partial charge on any atom is -0.336 e. The molecule has 0 spiro atoms. The highest BCUT2D eigenvalue weighted by molar-refractivity contribution is 9.10. The van der Waals surface area contributed by atoms with E-state index >= 15 is 0 Å². The van der Waals surface area contributed by atoms with Gasteiger partial charge in [-0.05, 0) is 59.8 Å². The molecule has 0 bridgehead atoms. The van der Waals surface area contributed by atoms with Crippen LogP contribution in [0.15, 0.2) is 22.7 Å². The second-order valence-corrected chi connectivity index (χ2v) is 6.81. The second kappa shape index (κ2) is 7.09. The molecular weight excluding hydrogens is 393 g/mol. The Balaban J connectivity index is 2.15. The lowest BCUT2D eigenvalue weighted by atomic mass is 9.91. The first-order valence-corrected chi connectivity index (χ1v) is 8.74. The van der Waals surface area contributed by atoms with Crippen LogP contribution in [-0.2, 0) is 0 Å². The Morgan fingerprint density at radius 2 is 2.16 bits per heavy atom. The van der Waals surface area contributed by atoms with Crippen molar-refractivity contribution in [1.82, 2.24) is 4.90 Å². The Morgan fingerprint density at radius 3 is 2.68 bits per heavy atom. The van der Waals surface area contributed by atoms with Crippen molar-refractivity contribution in [3.63, 3.8) is 0 Å². The quantitative estimate of drug-likeness (QED) is 0.635. The minimum atomic E-state index is 0.114. The maximum Gasteiger partial charge on any atom is 0.254 e. The van der Waals surface area contributed by atoms with Gasteiger partial charge in [0.25, 0.3) is 5.91 Å². The van der Waals surface area contributed by atoms with E-state index in [4.69, 9.17) is 11.6 Å². The molecule has 1 fully saturated rings. The van der Waals surface area contributed by atoms with Crippen LogP contribution in [0.25, 0.3) is 0 Å². The maximum atomic E-state index is 12.6. The summed E-state index contributed by atoms with van der Waals surface area (Å²) in [5.74, 6) is 0.114. The van der Waals surface area contributed by atoms with Gasteiger partial charge in [0, 0.05) is 28.0 Å². The zero-order valence-corrected chi connectivity index (χ0v) is 14.5. The molecule has 0 heterocycles. The Kier molecular flexibility index (Phi) is 5.72. The fourth-order valence-corrected chi connectivity index (χ4v) is 2.92. The Labute approximate surface area is 135 Å². The van der Waals surface area contributed by atoms with E-state index < -0.39 is 0 Å². The van der Waals surface area contributed by atoms with Gasteiger partial charge in [0.05, 0.1) is 5.02 Å². The first kappa shape index (κ1) is 15.3. The topological polar surface area (TPSA) is 20.3 Å². The van der Waals surface area contributed by atoms with E-state index in [1.807, 2.05) is 11.0 Å². The van der Waals surface area contributed by atoms with E-state index in [0.717, 1.165) is 35.6 Å². The average Bonchev–Trinajstić information content (AvgIpc) is 2.34. The SMILES string of the molecule is O=C(c1ccc(Cl)c(Br)c1)N(CCCBr)C1CCC1. The molecule has 1 aliphatic rings. The smallest absolute Gasteiger partial charge is 0.254 e. The molecule has 5 heteroatoms. The van der Waals surface area contributed by atoms with Crippen LogP contribution < -0.4 is 0 Å². The molecule has 2 nitrogen and oxygen atoms in total. The highest BCUT2D eigenvalue weighted by Crippen LogP contribution is 2.28. The van der Waals surface area contributed by atoms with Crippen LogP contribution in [0.1, 0.15) is 36.0 Å². The second-order valence-electron chi connectivity index (χ2n) is 4.75. The van der Waals surface area contributed by atoms with Gasteiger partial charge in [-0.25, -0.2) is 0 Å². The van der Waals surface area contributed by atoms with Gasteiger partial charge < -0.3 is 4.90 Å². The molecule has 1 aliphatic carbocycles. The third-order valence-electron chi connectivity index (χ3n) is 3.48. The van der Waals surface area contributed by atoms with Crippen molar-refractivity contribution in [2.75, 3.05) is 11.9 Å². The molecule has 19 heavy (non-hydrogen) atoms. The highest BCUT2D eigenvalue weighted by atomic mass is 79.9. The van der Waals surface area contributed by atoms with Crippen molar-refractivity contribution in [2.24, 2.45) is 0 Å². The monoisotopic (exact) mass is 407 g/mol. The lowest BCUT2D eigenvalue weighted by Crippen LogP contribution is -2.44. The van der Waals surface area contributed by atoms with Gasteiger partial charge in [-0.2, -0.15) is 0 Å². The molecule has 0 atom stereocenters. The summed E-state index contributed by atoms with van der Waals surface area (Å²) < 4.78 is 0.772. The third-order valence-corrected chi connectivity index (χ3v) is 5.25. The number of rotatable bonds is 5. The molecule has 0 aromatic heterocycles. The summed E-state index contributed by atoms with van der Waals surface area (Å²) in [6.45, 7) is 0.814. The van der Waals surface area contributed by atoms with Gasteiger partial charge in [0.2, 0.25) is 0 Å². The van der Waals surface area contributed by atoms with Crippen LogP contribution in [0.2, 0.25) is 5.02 Å². The number of halogens is 3. The normalized spacial score (nSPS) is 15.1. The highest BCUT2D eigenvalue weighted by Gasteiger charge is 2.29. The van der Waals surface area contributed by atoms with Crippen molar-refractivity contribution >= 4 is 49.4 Å². The molecule has 1 amide bonds. The summed E-state index contributed by atoms with van der Waals surface area (Å²) in [6, 6.07) is 5.79.